The van der Waals surface area contributed by atoms with Crippen molar-refractivity contribution in [3.05, 3.63) is 69.8 Å². The molecule has 2 aromatic rings. The van der Waals surface area contributed by atoms with Crippen LogP contribution in [0.25, 0.3) is 0 Å². The Balaban J connectivity index is 1.93. The number of nitriles is 1. The third kappa shape index (κ3) is 6.54. The van der Waals surface area contributed by atoms with Crippen molar-refractivity contribution in [3.8, 4) is 17.6 Å². The van der Waals surface area contributed by atoms with Gasteiger partial charge in [0.05, 0.1) is 20.3 Å². The van der Waals surface area contributed by atoms with Gasteiger partial charge in [-0.3, -0.25) is 4.79 Å². The first kappa shape index (κ1) is 22.3. The minimum atomic E-state index is -0.439. The lowest BCUT2D eigenvalue weighted by Crippen LogP contribution is -2.28. The lowest BCUT2D eigenvalue weighted by molar-refractivity contribution is -0.117. The molecule has 2 aromatic carbocycles. The van der Waals surface area contributed by atoms with Gasteiger partial charge in [-0.15, -0.1) is 0 Å². The summed E-state index contributed by atoms with van der Waals surface area (Å²) in [5, 5.41) is 15.2. The van der Waals surface area contributed by atoms with E-state index in [4.69, 9.17) is 9.47 Å². The quantitative estimate of drug-likeness (QED) is 0.339. The number of carbonyl (C=O) groups excluding carboxylic acids is 1. The van der Waals surface area contributed by atoms with Gasteiger partial charge in [0.2, 0.25) is 0 Å². The van der Waals surface area contributed by atoms with Gasteiger partial charge in [-0.25, -0.2) is 0 Å². The Morgan fingerprint density at radius 3 is 2.48 bits per heavy atom. The van der Waals surface area contributed by atoms with Gasteiger partial charge in [-0.2, -0.15) is 5.26 Å². The Kier molecular flexibility index (Phi) is 8.56. The maximum Gasteiger partial charge on any atom is 0.263 e. The summed E-state index contributed by atoms with van der Waals surface area (Å²) in [5.74, 6) is 0.755. The fraction of sp³-hybridized carbons (Fsp3) is 0.273. The molecule has 0 aliphatic carbocycles. The first-order valence-corrected chi connectivity index (χ1v) is 9.88. The van der Waals surface area contributed by atoms with E-state index in [1.165, 1.54) is 11.8 Å². The van der Waals surface area contributed by atoms with E-state index < -0.39 is 5.91 Å². The van der Waals surface area contributed by atoms with Crippen LogP contribution in [0.15, 0.2) is 58.7 Å². The van der Waals surface area contributed by atoms with Crippen LogP contribution in [-0.2, 0) is 11.2 Å². The van der Waals surface area contributed by atoms with Crippen molar-refractivity contribution in [1.82, 2.24) is 10.6 Å². The number of nitrogens with one attached hydrogen (secondary N) is 2. The number of methoxy groups -OCH3 is 2. The summed E-state index contributed by atoms with van der Waals surface area (Å²) in [6.07, 6.45) is 2.24. The summed E-state index contributed by atoms with van der Waals surface area (Å²) >= 11 is 3.40. The molecule has 29 heavy (non-hydrogen) atoms. The van der Waals surface area contributed by atoms with Crippen LogP contribution in [-0.4, -0.2) is 26.7 Å². The number of carbonyl (C=O) groups is 1. The fourth-order valence-electron chi connectivity index (χ4n) is 2.67. The van der Waals surface area contributed by atoms with Crippen molar-refractivity contribution in [2.45, 2.75) is 19.4 Å². The summed E-state index contributed by atoms with van der Waals surface area (Å²) in [7, 11) is 3.12. The smallest absolute Gasteiger partial charge is 0.263 e. The topological polar surface area (TPSA) is 83.4 Å². The normalized spacial score (nSPS) is 11.9. The van der Waals surface area contributed by atoms with Crippen molar-refractivity contribution in [2.75, 3.05) is 20.8 Å². The minimum absolute atomic E-state index is 0.0214. The predicted molar refractivity (Wildman–Crippen MR) is 116 cm³/mol. The van der Waals surface area contributed by atoms with Gasteiger partial charge in [0.15, 0.2) is 11.5 Å². The van der Waals surface area contributed by atoms with E-state index in [9.17, 15) is 10.1 Å². The van der Waals surface area contributed by atoms with E-state index in [0.717, 1.165) is 16.5 Å². The minimum Gasteiger partial charge on any atom is -0.493 e. The van der Waals surface area contributed by atoms with Crippen LogP contribution >= 0.6 is 15.9 Å². The monoisotopic (exact) mass is 457 g/mol. The second kappa shape index (κ2) is 11.1. The Morgan fingerprint density at radius 2 is 1.86 bits per heavy atom. The number of rotatable bonds is 9. The Labute approximate surface area is 179 Å². The number of ether oxygens (including phenoxy) is 2. The van der Waals surface area contributed by atoms with Crippen LogP contribution in [0.4, 0.5) is 0 Å². The molecule has 2 rings (SSSR count). The molecule has 0 radical (unpaired) electrons. The molecule has 1 amide bonds. The second-order valence-electron chi connectivity index (χ2n) is 6.31. The van der Waals surface area contributed by atoms with Gasteiger partial charge in [0.25, 0.3) is 5.91 Å². The summed E-state index contributed by atoms with van der Waals surface area (Å²) in [6.45, 7) is 2.46. The first-order chi connectivity index (χ1) is 14.0. The average Bonchev–Trinajstić information content (AvgIpc) is 2.74. The van der Waals surface area contributed by atoms with E-state index in [0.29, 0.717) is 18.0 Å². The molecule has 1 unspecified atom stereocenters. The van der Waals surface area contributed by atoms with Crippen LogP contribution in [0.5, 0.6) is 11.5 Å². The Hall–Kier alpha value is -2.98. The zero-order valence-corrected chi connectivity index (χ0v) is 18.2. The van der Waals surface area contributed by atoms with Gasteiger partial charge in [-0.1, -0.05) is 34.1 Å². The van der Waals surface area contributed by atoms with Crippen molar-refractivity contribution in [3.63, 3.8) is 0 Å². The fourth-order valence-corrected chi connectivity index (χ4v) is 2.93. The van der Waals surface area contributed by atoms with E-state index in [-0.39, 0.29) is 11.6 Å². The highest BCUT2D eigenvalue weighted by Gasteiger charge is 2.15. The maximum absolute atomic E-state index is 12.4. The second-order valence-corrected chi connectivity index (χ2v) is 7.23. The highest BCUT2D eigenvalue weighted by molar-refractivity contribution is 9.10. The predicted octanol–water partition coefficient (Wildman–Crippen LogP) is 3.88. The van der Waals surface area contributed by atoms with Crippen LogP contribution in [0.1, 0.15) is 24.1 Å². The highest BCUT2D eigenvalue weighted by Crippen LogP contribution is 2.29. The van der Waals surface area contributed by atoms with E-state index in [1.54, 1.807) is 26.4 Å². The van der Waals surface area contributed by atoms with Gasteiger partial charge in [-0.05, 0) is 48.7 Å². The molecule has 0 aromatic heterocycles. The summed E-state index contributed by atoms with van der Waals surface area (Å²) in [6, 6.07) is 15.1. The SMILES string of the molecule is COc1ccc(C(C)NC(=O)/C(C#N)=C\NCCc2ccc(Br)cc2)cc1OC. The Morgan fingerprint density at radius 1 is 1.17 bits per heavy atom. The summed E-state index contributed by atoms with van der Waals surface area (Å²) < 4.78 is 11.5. The molecule has 1 atom stereocenters. The molecule has 0 heterocycles. The van der Waals surface area contributed by atoms with Crippen LogP contribution in [0, 0.1) is 11.3 Å². The lowest BCUT2D eigenvalue weighted by atomic mass is 10.1. The van der Waals surface area contributed by atoms with Crippen molar-refractivity contribution >= 4 is 21.8 Å². The molecule has 0 spiro atoms. The summed E-state index contributed by atoms with van der Waals surface area (Å²) in [5.41, 5.74) is 2.03. The van der Waals surface area contributed by atoms with Gasteiger partial charge in [0.1, 0.15) is 11.6 Å². The maximum atomic E-state index is 12.4. The van der Waals surface area contributed by atoms with E-state index >= 15 is 0 Å². The number of benzene rings is 2. The lowest BCUT2D eigenvalue weighted by Gasteiger charge is -2.16. The Bertz CT molecular complexity index is 905. The molecule has 0 fully saturated rings. The molecule has 152 valence electrons. The number of halogens is 1. The van der Waals surface area contributed by atoms with E-state index in [2.05, 4.69) is 26.6 Å². The van der Waals surface area contributed by atoms with Gasteiger partial charge < -0.3 is 20.1 Å². The van der Waals surface area contributed by atoms with E-state index in [1.807, 2.05) is 43.3 Å². The van der Waals surface area contributed by atoms with Crippen molar-refractivity contribution < 1.29 is 14.3 Å². The molecule has 0 aliphatic heterocycles. The number of hydrogen-bond donors (Lipinski definition) is 2. The molecule has 7 heteroatoms. The highest BCUT2D eigenvalue weighted by atomic mass is 79.9. The first-order valence-electron chi connectivity index (χ1n) is 9.09. The van der Waals surface area contributed by atoms with Crippen LogP contribution < -0.4 is 20.1 Å². The number of amides is 1. The molecular weight excluding hydrogens is 434 g/mol. The largest absolute Gasteiger partial charge is 0.493 e. The molecule has 0 bridgehead atoms. The van der Waals surface area contributed by atoms with Crippen LogP contribution in [0.2, 0.25) is 0 Å². The zero-order valence-electron chi connectivity index (χ0n) is 16.7. The number of nitrogens with zero attached hydrogens (tertiary/aromatic N) is 1. The zero-order chi connectivity index (χ0) is 21.2. The van der Waals surface area contributed by atoms with Gasteiger partial charge >= 0.3 is 0 Å². The average molecular weight is 458 g/mol. The number of hydrogen-bond acceptors (Lipinski definition) is 5. The third-order valence-corrected chi connectivity index (χ3v) is 4.87. The van der Waals surface area contributed by atoms with Crippen LogP contribution in [0.3, 0.4) is 0 Å². The molecule has 2 N–H and O–H groups in total. The van der Waals surface area contributed by atoms with Crippen molar-refractivity contribution in [1.29, 1.82) is 5.26 Å². The molecular formula is C22H24BrN3O3. The molecule has 0 saturated carbocycles. The summed E-state index contributed by atoms with van der Waals surface area (Å²) in [4.78, 5) is 12.4. The molecule has 0 saturated heterocycles. The molecule has 0 aliphatic rings. The molecule has 6 nitrogen and oxygen atoms in total. The van der Waals surface area contributed by atoms with Crippen molar-refractivity contribution in [2.24, 2.45) is 0 Å². The third-order valence-electron chi connectivity index (χ3n) is 4.34. The van der Waals surface area contributed by atoms with Gasteiger partial charge in [0, 0.05) is 17.2 Å². The standard InChI is InChI=1S/C22H24BrN3O3/c1-15(17-6-9-20(28-2)21(12-17)29-3)26-22(27)18(13-24)14-25-11-10-16-4-7-19(23)8-5-16/h4-9,12,14-15,25H,10-11H2,1-3H3,(H,26,27)/b18-14-.